The van der Waals surface area contributed by atoms with Crippen molar-refractivity contribution in [3.8, 4) is 0 Å². The van der Waals surface area contributed by atoms with E-state index in [0.29, 0.717) is 13.0 Å². The summed E-state index contributed by atoms with van der Waals surface area (Å²) in [6.07, 6.45) is 3.81. The van der Waals surface area contributed by atoms with E-state index in [1.807, 2.05) is 49.5 Å². The average Bonchev–Trinajstić information content (AvgIpc) is 2.52. The standard InChI is InChI=1S/C17H19ClN2O/c1-20(13-11-16-4-2-3-12-19-16)17(21)10-7-14-5-8-15(18)9-6-14/h2-6,8-9,12H,7,10-11,13H2,1H3. The molecule has 0 atom stereocenters. The number of pyridine rings is 1. The zero-order valence-corrected chi connectivity index (χ0v) is 12.9. The minimum absolute atomic E-state index is 0.154. The van der Waals surface area contributed by atoms with Gasteiger partial charge in [0.25, 0.3) is 0 Å². The zero-order valence-electron chi connectivity index (χ0n) is 12.1. The molecule has 1 aromatic carbocycles. The van der Waals surface area contributed by atoms with Crippen molar-refractivity contribution in [3.05, 3.63) is 64.9 Å². The molecule has 3 nitrogen and oxygen atoms in total. The van der Waals surface area contributed by atoms with Crippen LogP contribution in [0.1, 0.15) is 17.7 Å². The first kappa shape index (κ1) is 15.5. The molecule has 0 aliphatic rings. The highest BCUT2D eigenvalue weighted by Crippen LogP contribution is 2.11. The predicted molar refractivity (Wildman–Crippen MR) is 85.4 cm³/mol. The summed E-state index contributed by atoms with van der Waals surface area (Å²) in [6.45, 7) is 0.691. The molecule has 1 amide bonds. The Morgan fingerprint density at radius 3 is 2.57 bits per heavy atom. The molecule has 0 fully saturated rings. The van der Waals surface area contributed by atoms with E-state index in [0.717, 1.165) is 29.1 Å². The van der Waals surface area contributed by atoms with Crippen molar-refractivity contribution in [1.82, 2.24) is 9.88 Å². The van der Waals surface area contributed by atoms with Gasteiger partial charge in [0, 0.05) is 43.3 Å². The van der Waals surface area contributed by atoms with Gasteiger partial charge in [-0.25, -0.2) is 0 Å². The quantitative estimate of drug-likeness (QED) is 0.819. The van der Waals surface area contributed by atoms with Crippen LogP contribution in [0.15, 0.2) is 48.7 Å². The maximum atomic E-state index is 12.1. The summed E-state index contributed by atoms with van der Waals surface area (Å²) in [7, 11) is 1.84. The molecule has 110 valence electrons. The van der Waals surface area contributed by atoms with Crippen molar-refractivity contribution in [1.29, 1.82) is 0 Å². The maximum Gasteiger partial charge on any atom is 0.222 e. The number of benzene rings is 1. The number of amides is 1. The summed E-state index contributed by atoms with van der Waals surface area (Å²) in [6, 6.07) is 13.5. The molecule has 1 heterocycles. The molecule has 0 saturated heterocycles. The Balaban J connectivity index is 1.76. The molecule has 0 aliphatic heterocycles. The summed E-state index contributed by atoms with van der Waals surface area (Å²) >= 11 is 5.84. The van der Waals surface area contributed by atoms with Crippen LogP contribution in [0.3, 0.4) is 0 Å². The zero-order chi connectivity index (χ0) is 15.1. The van der Waals surface area contributed by atoms with Crippen LogP contribution < -0.4 is 0 Å². The molecule has 0 saturated carbocycles. The highest BCUT2D eigenvalue weighted by Gasteiger charge is 2.09. The first-order chi connectivity index (χ1) is 10.1. The Bertz CT molecular complexity index is 569. The van der Waals surface area contributed by atoms with Crippen LogP contribution in [0.4, 0.5) is 0 Å². The lowest BCUT2D eigenvalue weighted by atomic mass is 10.1. The number of nitrogens with zero attached hydrogens (tertiary/aromatic N) is 2. The summed E-state index contributed by atoms with van der Waals surface area (Å²) < 4.78 is 0. The predicted octanol–water partition coefficient (Wildman–Crippen LogP) is 3.37. The van der Waals surface area contributed by atoms with E-state index in [9.17, 15) is 4.79 Å². The van der Waals surface area contributed by atoms with Gasteiger partial charge in [-0.3, -0.25) is 9.78 Å². The van der Waals surface area contributed by atoms with E-state index in [1.54, 1.807) is 11.1 Å². The number of rotatable bonds is 6. The fraction of sp³-hybridized carbons (Fsp3) is 0.294. The van der Waals surface area contributed by atoms with Crippen LogP contribution in [0.5, 0.6) is 0 Å². The van der Waals surface area contributed by atoms with Crippen molar-refractivity contribution in [2.75, 3.05) is 13.6 Å². The highest BCUT2D eigenvalue weighted by molar-refractivity contribution is 6.30. The number of aromatic nitrogens is 1. The van der Waals surface area contributed by atoms with Crippen LogP contribution in [0.25, 0.3) is 0 Å². The fourth-order valence-corrected chi connectivity index (χ4v) is 2.17. The van der Waals surface area contributed by atoms with Gasteiger partial charge < -0.3 is 4.90 Å². The molecule has 1 aromatic heterocycles. The maximum absolute atomic E-state index is 12.1. The van der Waals surface area contributed by atoms with Crippen molar-refractivity contribution < 1.29 is 4.79 Å². The molecular weight excluding hydrogens is 284 g/mol. The van der Waals surface area contributed by atoms with Crippen LogP contribution in [0, 0.1) is 0 Å². The van der Waals surface area contributed by atoms with Crippen molar-refractivity contribution in [3.63, 3.8) is 0 Å². The Labute approximate surface area is 130 Å². The molecule has 2 aromatic rings. The smallest absolute Gasteiger partial charge is 0.222 e. The molecule has 0 aliphatic carbocycles. The van der Waals surface area contributed by atoms with Gasteiger partial charge in [-0.05, 0) is 36.2 Å². The van der Waals surface area contributed by atoms with E-state index < -0.39 is 0 Å². The molecule has 0 bridgehead atoms. The van der Waals surface area contributed by atoms with Crippen LogP contribution in [-0.2, 0) is 17.6 Å². The number of hydrogen-bond donors (Lipinski definition) is 0. The Morgan fingerprint density at radius 2 is 1.90 bits per heavy atom. The van der Waals surface area contributed by atoms with E-state index in [1.165, 1.54) is 0 Å². The number of hydrogen-bond acceptors (Lipinski definition) is 2. The number of likely N-dealkylation sites (N-methyl/N-ethyl adjacent to an activating group) is 1. The van der Waals surface area contributed by atoms with Gasteiger partial charge in [-0.1, -0.05) is 29.8 Å². The molecule has 4 heteroatoms. The SMILES string of the molecule is CN(CCc1ccccn1)C(=O)CCc1ccc(Cl)cc1. The lowest BCUT2D eigenvalue weighted by molar-refractivity contribution is -0.129. The van der Waals surface area contributed by atoms with Gasteiger partial charge >= 0.3 is 0 Å². The second-order valence-electron chi connectivity index (χ2n) is 5.01. The average molecular weight is 303 g/mol. The second-order valence-corrected chi connectivity index (χ2v) is 5.45. The first-order valence-corrected chi connectivity index (χ1v) is 7.41. The number of carbonyl (C=O) groups is 1. The van der Waals surface area contributed by atoms with E-state index in [-0.39, 0.29) is 5.91 Å². The minimum atomic E-state index is 0.154. The van der Waals surface area contributed by atoms with E-state index in [2.05, 4.69) is 4.98 Å². The molecular formula is C17H19ClN2O. The molecule has 0 unspecified atom stereocenters. The van der Waals surface area contributed by atoms with Gasteiger partial charge in [-0.15, -0.1) is 0 Å². The summed E-state index contributed by atoms with van der Waals surface area (Å²) in [4.78, 5) is 18.1. The summed E-state index contributed by atoms with van der Waals surface area (Å²) in [5.41, 5.74) is 2.14. The molecule has 0 radical (unpaired) electrons. The van der Waals surface area contributed by atoms with Gasteiger partial charge in [0.2, 0.25) is 5.91 Å². The van der Waals surface area contributed by atoms with Crippen molar-refractivity contribution in [2.24, 2.45) is 0 Å². The largest absolute Gasteiger partial charge is 0.345 e. The van der Waals surface area contributed by atoms with Crippen LogP contribution >= 0.6 is 11.6 Å². The number of halogens is 1. The Kier molecular flexibility index (Phi) is 5.76. The summed E-state index contributed by atoms with van der Waals surface area (Å²) in [5, 5.41) is 0.720. The van der Waals surface area contributed by atoms with E-state index in [4.69, 9.17) is 11.6 Å². The first-order valence-electron chi connectivity index (χ1n) is 7.03. The molecule has 21 heavy (non-hydrogen) atoms. The molecule has 2 rings (SSSR count). The lowest BCUT2D eigenvalue weighted by Crippen LogP contribution is -2.29. The third kappa shape index (κ3) is 5.20. The third-order valence-electron chi connectivity index (χ3n) is 3.40. The normalized spacial score (nSPS) is 10.4. The van der Waals surface area contributed by atoms with E-state index >= 15 is 0 Å². The van der Waals surface area contributed by atoms with Crippen molar-refractivity contribution >= 4 is 17.5 Å². The molecule has 0 spiro atoms. The Hall–Kier alpha value is -1.87. The van der Waals surface area contributed by atoms with Gasteiger partial charge in [-0.2, -0.15) is 0 Å². The molecule has 0 N–H and O–H groups in total. The van der Waals surface area contributed by atoms with Crippen molar-refractivity contribution in [2.45, 2.75) is 19.3 Å². The van der Waals surface area contributed by atoms with Gasteiger partial charge in [0.1, 0.15) is 0 Å². The van der Waals surface area contributed by atoms with Gasteiger partial charge in [0.05, 0.1) is 0 Å². The highest BCUT2D eigenvalue weighted by atomic mass is 35.5. The van der Waals surface area contributed by atoms with Gasteiger partial charge in [0.15, 0.2) is 0 Å². The Morgan fingerprint density at radius 1 is 1.14 bits per heavy atom. The van der Waals surface area contributed by atoms with Crippen LogP contribution in [0.2, 0.25) is 5.02 Å². The fourth-order valence-electron chi connectivity index (χ4n) is 2.05. The van der Waals surface area contributed by atoms with Crippen LogP contribution in [-0.4, -0.2) is 29.4 Å². The number of aryl methyl sites for hydroxylation is 1. The topological polar surface area (TPSA) is 33.2 Å². The third-order valence-corrected chi connectivity index (χ3v) is 3.65. The number of carbonyl (C=O) groups excluding carboxylic acids is 1. The minimum Gasteiger partial charge on any atom is -0.345 e. The summed E-state index contributed by atoms with van der Waals surface area (Å²) in [5.74, 6) is 0.154. The second kappa shape index (κ2) is 7.79. The monoisotopic (exact) mass is 302 g/mol. The lowest BCUT2D eigenvalue weighted by Gasteiger charge is -2.17.